The van der Waals surface area contributed by atoms with E-state index in [4.69, 9.17) is 19.2 Å². The fourth-order valence-electron chi connectivity index (χ4n) is 10.3. The number of ketones is 1. The van der Waals surface area contributed by atoms with Gasteiger partial charge in [-0.15, -0.1) is 0 Å². The highest BCUT2D eigenvalue weighted by atomic mass is 16.5. The Balaban J connectivity index is 0.928. The number of rotatable bonds is 18. The number of aliphatic imine (C=N–C) groups is 1. The predicted octanol–water partition coefficient (Wildman–Crippen LogP) is 10.2. The van der Waals surface area contributed by atoms with Crippen LogP contribution in [-0.2, 0) is 46.9 Å². The van der Waals surface area contributed by atoms with E-state index in [2.05, 4.69) is 30.5 Å². The van der Waals surface area contributed by atoms with Crippen LogP contribution >= 0.6 is 0 Å². The van der Waals surface area contributed by atoms with E-state index in [-0.39, 0.29) is 61.1 Å². The number of ether oxygens (including phenoxy) is 3. The molecule has 5 aromatic rings. The van der Waals surface area contributed by atoms with E-state index in [0.29, 0.717) is 64.9 Å². The monoisotopic (exact) mass is 957 g/mol. The lowest BCUT2D eigenvalue weighted by Gasteiger charge is -2.23. The minimum atomic E-state index is -0.724. The predicted molar refractivity (Wildman–Crippen MR) is 276 cm³/mol. The Morgan fingerprint density at radius 1 is 0.746 bits per heavy atom. The van der Waals surface area contributed by atoms with Crippen LogP contribution in [0.1, 0.15) is 120 Å². The second kappa shape index (κ2) is 21.0. The van der Waals surface area contributed by atoms with Gasteiger partial charge in [-0.25, -0.2) is 0 Å². The molecule has 0 unspecified atom stereocenters. The summed E-state index contributed by atoms with van der Waals surface area (Å²) in [4.78, 5) is 76.3. The number of fused-ring (bicyclic) bond motifs is 8. The summed E-state index contributed by atoms with van der Waals surface area (Å²) in [5.74, 6) is 0.421. The van der Waals surface area contributed by atoms with Gasteiger partial charge in [0.1, 0.15) is 19.0 Å². The van der Waals surface area contributed by atoms with Crippen molar-refractivity contribution in [2.75, 3.05) is 22.2 Å². The molecule has 4 atom stereocenters. The van der Waals surface area contributed by atoms with Crippen molar-refractivity contribution < 1.29 is 38.2 Å². The van der Waals surface area contributed by atoms with Gasteiger partial charge in [0.25, 0.3) is 11.8 Å². The van der Waals surface area contributed by atoms with Crippen LogP contribution < -0.4 is 34.6 Å². The molecule has 71 heavy (non-hydrogen) atoms. The Kier molecular flexibility index (Phi) is 14.4. The van der Waals surface area contributed by atoms with E-state index in [1.54, 1.807) is 33.1 Å². The number of amides is 4. The number of anilines is 3. The number of hydrogen-bond donors (Lipinski definition) is 2. The number of benzene rings is 5. The summed E-state index contributed by atoms with van der Waals surface area (Å²) in [6.45, 7) is 9.74. The molecule has 0 saturated carbocycles. The lowest BCUT2D eigenvalue weighted by Crippen LogP contribution is -2.39. The van der Waals surface area contributed by atoms with Crippen molar-refractivity contribution >= 4 is 58.4 Å². The maximum Gasteiger partial charge on any atom is 0.261 e. The molecule has 0 bridgehead atoms. The summed E-state index contributed by atoms with van der Waals surface area (Å²) < 4.78 is 18.8. The first-order chi connectivity index (χ1) is 34.2. The van der Waals surface area contributed by atoms with E-state index in [1.807, 2.05) is 95.7 Å². The van der Waals surface area contributed by atoms with E-state index >= 15 is 0 Å². The molecule has 0 spiro atoms. The Labute approximate surface area is 416 Å². The molecule has 0 aliphatic carbocycles. The number of carbonyl (C=O) groups excluding carboxylic acids is 5. The first kappa shape index (κ1) is 48.7. The molecule has 0 aromatic heterocycles. The maximum atomic E-state index is 14.1. The minimum Gasteiger partial charge on any atom is -0.493 e. The van der Waals surface area contributed by atoms with Crippen LogP contribution in [0.4, 0.5) is 22.7 Å². The van der Waals surface area contributed by atoms with Crippen LogP contribution in [-0.4, -0.2) is 60.9 Å². The smallest absolute Gasteiger partial charge is 0.261 e. The summed E-state index contributed by atoms with van der Waals surface area (Å²) in [6.07, 6.45) is 7.90. The molecule has 4 aliphatic heterocycles. The third-order valence-electron chi connectivity index (χ3n) is 14.2. The van der Waals surface area contributed by atoms with Gasteiger partial charge in [-0.3, -0.25) is 33.9 Å². The fourth-order valence-corrected chi connectivity index (χ4v) is 10.3. The highest BCUT2D eigenvalue weighted by Crippen LogP contribution is 2.42. The molecular formula is C58H63N5O8. The van der Waals surface area contributed by atoms with Gasteiger partial charge in [-0.2, -0.15) is 0 Å². The van der Waals surface area contributed by atoms with Crippen LogP contribution in [0.15, 0.2) is 96.0 Å². The van der Waals surface area contributed by atoms with Crippen molar-refractivity contribution in [3.8, 4) is 17.2 Å². The number of nitrogens with zero attached hydrogens (tertiary/aromatic N) is 3. The highest BCUT2D eigenvalue weighted by Gasteiger charge is 2.38. The Hall–Kier alpha value is -7.28. The quantitative estimate of drug-likeness (QED) is 0.0823. The molecule has 13 nitrogen and oxygen atoms in total. The standard InChI is InChI=1S/C58H63N5O8/c1-34(2)13-7-12-18-55(65)60-37(5)51(64)22-36(4)56(66)61-43-24-38(32-70-52-30-48-47(21-35(52)3)58(68)63-45(31-59-48)27-42-15-9-11-17-50(42)63)23-39(25-43)33-71-54-28-40-19-20-44-26-41-14-8-10-16-49(41)62(44)57(67)46(40)29-53(54)69-6/h8-11,14-17,21,23-25,28-31,34,36-37,44-45H,7,12-13,18-20,22,26-27,32-33H2,1-6H3,(H,60,65)(H,61,66)/t36-,37+,44-,45+/m1/s1. The number of aryl methyl sites for hydroxylation is 2. The SMILES string of the molecule is COc1cc2c(cc1OCc1cc(COc3cc4c(cc3C)C(=O)N3c5ccccc5C[C@H]3C=N4)cc(NC(=O)[C@H](C)CC(=O)[C@H](C)NC(=O)CCCCC(C)C)c1)CC[C@@H]1Cc3ccccc3N1C2=O. The summed E-state index contributed by atoms with van der Waals surface area (Å²) in [7, 11) is 1.55. The zero-order chi connectivity index (χ0) is 49.9. The van der Waals surface area contributed by atoms with Crippen molar-refractivity contribution in [3.05, 3.63) is 136 Å². The molecule has 5 aromatic carbocycles. The Bertz CT molecular complexity index is 2930. The van der Waals surface area contributed by atoms with Gasteiger partial charge in [0, 0.05) is 66.1 Å². The van der Waals surface area contributed by atoms with Crippen LogP contribution in [0.5, 0.6) is 17.2 Å². The van der Waals surface area contributed by atoms with Crippen LogP contribution in [0.3, 0.4) is 0 Å². The van der Waals surface area contributed by atoms with E-state index in [9.17, 15) is 24.0 Å². The van der Waals surface area contributed by atoms with E-state index in [1.165, 1.54) is 5.56 Å². The van der Waals surface area contributed by atoms with Crippen LogP contribution in [0, 0.1) is 18.8 Å². The summed E-state index contributed by atoms with van der Waals surface area (Å²) in [5.41, 5.74) is 9.33. The number of para-hydroxylation sites is 2. The van der Waals surface area contributed by atoms with Crippen molar-refractivity contribution in [2.45, 2.75) is 124 Å². The van der Waals surface area contributed by atoms with Gasteiger partial charge >= 0.3 is 0 Å². The van der Waals surface area contributed by atoms with E-state index in [0.717, 1.165) is 71.3 Å². The van der Waals surface area contributed by atoms with Crippen molar-refractivity contribution in [3.63, 3.8) is 0 Å². The van der Waals surface area contributed by atoms with Gasteiger partial charge in [0.15, 0.2) is 17.3 Å². The van der Waals surface area contributed by atoms with E-state index < -0.39 is 12.0 Å². The average Bonchev–Trinajstić information content (AvgIpc) is 3.85. The number of hydrogen-bond acceptors (Lipinski definition) is 9. The van der Waals surface area contributed by atoms with Crippen molar-refractivity contribution in [1.82, 2.24) is 5.32 Å². The molecule has 13 heteroatoms. The van der Waals surface area contributed by atoms with Gasteiger partial charge in [-0.05, 0) is 127 Å². The normalized spacial score (nSPS) is 17.2. The highest BCUT2D eigenvalue weighted by molar-refractivity contribution is 6.14. The minimum absolute atomic E-state index is 0.0534. The zero-order valence-electron chi connectivity index (χ0n) is 41.5. The van der Waals surface area contributed by atoms with Crippen molar-refractivity contribution in [1.29, 1.82) is 0 Å². The molecule has 4 amide bonds. The van der Waals surface area contributed by atoms with Gasteiger partial charge in [0.2, 0.25) is 11.8 Å². The molecular weight excluding hydrogens is 895 g/mol. The second-order valence-electron chi connectivity index (χ2n) is 20.0. The van der Waals surface area contributed by atoms with Crippen molar-refractivity contribution in [2.24, 2.45) is 16.8 Å². The lowest BCUT2D eigenvalue weighted by atomic mass is 9.99. The Morgan fingerprint density at radius 3 is 2.14 bits per heavy atom. The number of Topliss-reactive ketones (excluding diaryl/α,β-unsaturated/α-hetero) is 1. The first-order valence-corrected chi connectivity index (χ1v) is 25.0. The topological polar surface area (TPSA) is 156 Å². The first-order valence-electron chi connectivity index (χ1n) is 25.0. The summed E-state index contributed by atoms with van der Waals surface area (Å²) >= 11 is 0. The molecule has 0 radical (unpaired) electrons. The number of unbranched alkanes of at least 4 members (excludes halogenated alkanes) is 1. The van der Waals surface area contributed by atoms with Crippen LogP contribution in [0.25, 0.3) is 0 Å². The maximum absolute atomic E-state index is 14.1. The number of nitrogens with one attached hydrogen (secondary N) is 2. The average molecular weight is 958 g/mol. The number of methoxy groups -OCH3 is 1. The number of carbonyl (C=O) groups is 5. The molecule has 2 N–H and O–H groups in total. The van der Waals surface area contributed by atoms with Crippen LogP contribution in [0.2, 0.25) is 0 Å². The Morgan fingerprint density at radius 2 is 1.42 bits per heavy atom. The molecule has 368 valence electrons. The van der Waals surface area contributed by atoms with Gasteiger partial charge < -0.3 is 29.7 Å². The largest absolute Gasteiger partial charge is 0.493 e. The summed E-state index contributed by atoms with van der Waals surface area (Å²) in [6, 6.07) is 28.1. The molecule has 0 fully saturated rings. The molecule has 0 saturated heterocycles. The summed E-state index contributed by atoms with van der Waals surface area (Å²) in [5, 5.41) is 5.83. The van der Waals surface area contributed by atoms with Gasteiger partial charge in [-0.1, -0.05) is 70.0 Å². The fraction of sp³-hybridized carbons (Fsp3) is 0.379. The third kappa shape index (κ3) is 10.6. The second-order valence-corrected chi connectivity index (χ2v) is 20.0. The molecule has 4 aliphatic rings. The lowest BCUT2D eigenvalue weighted by molar-refractivity contribution is -0.129. The molecule has 9 rings (SSSR count). The zero-order valence-corrected chi connectivity index (χ0v) is 41.5. The van der Waals surface area contributed by atoms with Gasteiger partial charge in [0.05, 0.1) is 30.4 Å². The third-order valence-corrected chi connectivity index (χ3v) is 14.2. The molecule has 4 heterocycles.